The normalized spacial score (nSPS) is 28.5. The van der Waals surface area contributed by atoms with Gasteiger partial charge in [0.25, 0.3) is 0 Å². The molecule has 1 saturated heterocycles. The molecule has 0 unspecified atom stereocenters. The lowest BCUT2D eigenvalue weighted by Gasteiger charge is -2.43. The highest BCUT2D eigenvalue weighted by molar-refractivity contribution is 5.79. The minimum Gasteiger partial charge on any atom is -0.508 e. The lowest BCUT2D eigenvalue weighted by atomic mass is 9.70. The molecule has 132 valence electrons. The number of nitrogens with one attached hydrogen (secondary N) is 1. The van der Waals surface area contributed by atoms with Gasteiger partial charge in [-0.05, 0) is 63.4 Å². The number of aromatic hydroxyl groups is 1. The van der Waals surface area contributed by atoms with E-state index < -0.39 is 0 Å². The SMILES string of the molecule is C[C@]1(NC(=O)CN2CCCCC2)CCCC[C@H]1c1ccc(O)cc1. The third-order valence-electron chi connectivity index (χ3n) is 5.74. The van der Waals surface area contributed by atoms with Crippen molar-refractivity contribution in [2.75, 3.05) is 19.6 Å². The number of nitrogens with zero attached hydrogens (tertiary/aromatic N) is 1. The van der Waals surface area contributed by atoms with E-state index in [0.717, 1.165) is 32.4 Å². The topological polar surface area (TPSA) is 52.6 Å². The number of phenolic OH excluding ortho intramolecular Hbond substituents is 1. The summed E-state index contributed by atoms with van der Waals surface area (Å²) in [5, 5.41) is 12.9. The van der Waals surface area contributed by atoms with Crippen molar-refractivity contribution in [3.8, 4) is 5.75 Å². The van der Waals surface area contributed by atoms with E-state index in [1.54, 1.807) is 12.1 Å². The molecule has 1 aliphatic heterocycles. The Bertz CT molecular complexity index is 551. The predicted octanol–water partition coefficient (Wildman–Crippen LogP) is 3.41. The van der Waals surface area contributed by atoms with Crippen LogP contribution in [0.3, 0.4) is 0 Å². The molecule has 2 fully saturated rings. The number of carbonyl (C=O) groups is 1. The van der Waals surface area contributed by atoms with Crippen molar-refractivity contribution < 1.29 is 9.90 Å². The van der Waals surface area contributed by atoms with E-state index >= 15 is 0 Å². The van der Waals surface area contributed by atoms with E-state index in [-0.39, 0.29) is 11.4 Å². The first-order valence-electron chi connectivity index (χ1n) is 9.39. The van der Waals surface area contributed by atoms with Crippen molar-refractivity contribution in [2.24, 2.45) is 0 Å². The van der Waals surface area contributed by atoms with Crippen LogP contribution in [0.1, 0.15) is 63.4 Å². The van der Waals surface area contributed by atoms with Gasteiger partial charge in [-0.2, -0.15) is 0 Å². The number of likely N-dealkylation sites (tertiary alicyclic amines) is 1. The van der Waals surface area contributed by atoms with Crippen molar-refractivity contribution >= 4 is 5.91 Å². The van der Waals surface area contributed by atoms with Gasteiger partial charge in [0.2, 0.25) is 5.91 Å². The van der Waals surface area contributed by atoms with Gasteiger partial charge in [-0.1, -0.05) is 31.4 Å². The lowest BCUT2D eigenvalue weighted by Crippen LogP contribution is -2.54. The average molecular weight is 330 g/mol. The summed E-state index contributed by atoms with van der Waals surface area (Å²) in [5.74, 6) is 0.771. The molecule has 1 aromatic carbocycles. The fraction of sp³-hybridized carbons (Fsp3) is 0.650. The molecule has 2 atom stereocenters. The molecule has 24 heavy (non-hydrogen) atoms. The molecule has 3 rings (SSSR count). The smallest absolute Gasteiger partial charge is 0.234 e. The molecule has 1 heterocycles. The standard InChI is InChI=1S/C20H30N2O2/c1-20(21-19(24)15-22-13-5-2-6-14-22)12-4-3-7-18(20)16-8-10-17(23)11-9-16/h8-11,18,23H,2-7,12-15H2,1H3,(H,21,24)/t18-,20-/m0/s1. The Kier molecular flexibility index (Phi) is 5.44. The molecule has 4 heteroatoms. The van der Waals surface area contributed by atoms with Crippen LogP contribution in [0, 0.1) is 0 Å². The molecule has 1 aliphatic carbocycles. The van der Waals surface area contributed by atoms with Gasteiger partial charge in [0.15, 0.2) is 0 Å². The third kappa shape index (κ3) is 4.10. The molecule has 1 saturated carbocycles. The Morgan fingerprint density at radius 1 is 1.17 bits per heavy atom. The van der Waals surface area contributed by atoms with Crippen molar-refractivity contribution in [1.29, 1.82) is 0 Å². The summed E-state index contributed by atoms with van der Waals surface area (Å²) in [5.41, 5.74) is 1.02. The lowest BCUT2D eigenvalue weighted by molar-refractivity contribution is -0.124. The molecule has 0 aromatic heterocycles. The quantitative estimate of drug-likeness (QED) is 0.889. The maximum Gasteiger partial charge on any atom is 0.234 e. The first-order chi connectivity index (χ1) is 11.6. The van der Waals surface area contributed by atoms with E-state index in [2.05, 4.69) is 17.1 Å². The van der Waals surface area contributed by atoms with Crippen LogP contribution in [-0.4, -0.2) is 41.1 Å². The number of benzene rings is 1. The number of amides is 1. The zero-order chi connectivity index (χ0) is 17.0. The van der Waals surface area contributed by atoms with Crippen molar-refractivity contribution in [3.05, 3.63) is 29.8 Å². The van der Waals surface area contributed by atoms with Gasteiger partial charge < -0.3 is 10.4 Å². The number of carbonyl (C=O) groups excluding carboxylic acids is 1. The average Bonchev–Trinajstić information content (AvgIpc) is 2.57. The molecule has 0 radical (unpaired) electrons. The maximum atomic E-state index is 12.6. The second-order valence-corrected chi connectivity index (χ2v) is 7.69. The summed E-state index contributed by atoms with van der Waals surface area (Å²) in [4.78, 5) is 14.9. The molecule has 1 amide bonds. The summed E-state index contributed by atoms with van der Waals surface area (Å²) in [7, 11) is 0. The van der Waals surface area contributed by atoms with Crippen LogP contribution in [0.15, 0.2) is 24.3 Å². The summed E-state index contributed by atoms with van der Waals surface area (Å²) >= 11 is 0. The number of hydrogen-bond acceptors (Lipinski definition) is 3. The zero-order valence-corrected chi connectivity index (χ0v) is 14.8. The zero-order valence-electron chi connectivity index (χ0n) is 14.8. The summed E-state index contributed by atoms with van der Waals surface area (Å²) < 4.78 is 0. The van der Waals surface area contributed by atoms with Gasteiger partial charge in [0.1, 0.15) is 5.75 Å². The van der Waals surface area contributed by atoms with Crippen molar-refractivity contribution in [1.82, 2.24) is 10.2 Å². The number of hydrogen-bond donors (Lipinski definition) is 2. The number of rotatable bonds is 4. The molecule has 0 spiro atoms. The van der Waals surface area contributed by atoms with Crippen LogP contribution in [0.25, 0.3) is 0 Å². The molecule has 2 aliphatic rings. The first-order valence-corrected chi connectivity index (χ1v) is 9.39. The van der Waals surface area contributed by atoms with Crippen LogP contribution in [0.5, 0.6) is 5.75 Å². The van der Waals surface area contributed by atoms with Crippen molar-refractivity contribution in [2.45, 2.75) is 63.3 Å². The molecule has 2 N–H and O–H groups in total. The summed E-state index contributed by atoms with van der Waals surface area (Å²) in [6, 6.07) is 7.50. The fourth-order valence-electron chi connectivity index (χ4n) is 4.40. The Balaban J connectivity index is 1.67. The highest BCUT2D eigenvalue weighted by Crippen LogP contribution is 2.41. The Labute approximate surface area is 145 Å². The summed E-state index contributed by atoms with van der Waals surface area (Å²) in [6.45, 7) is 4.81. The van der Waals surface area contributed by atoms with E-state index in [4.69, 9.17) is 0 Å². The molecular weight excluding hydrogens is 300 g/mol. The van der Waals surface area contributed by atoms with Gasteiger partial charge in [0, 0.05) is 11.5 Å². The van der Waals surface area contributed by atoms with Crippen LogP contribution < -0.4 is 5.32 Å². The molecular formula is C20H30N2O2. The highest BCUT2D eigenvalue weighted by atomic mass is 16.3. The van der Waals surface area contributed by atoms with Crippen LogP contribution in [-0.2, 0) is 4.79 Å². The summed E-state index contributed by atoms with van der Waals surface area (Å²) in [6.07, 6.45) is 8.17. The molecule has 0 bridgehead atoms. The fourth-order valence-corrected chi connectivity index (χ4v) is 4.40. The van der Waals surface area contributed by atoms with E-state index in [9.17, 15) is 9.90 Å². The van der Waals surface area contributed by atoms with E-state index in [1.165, 1.54) is 31.2 Å². The predicted molar refractivity (Wildman–Crippen MR) is 96.2 cm³/mol. The van der Waals surface area contributed by atoms with Gasteiger partial charge in [0.05, 0.1) is 6.54 Å². The van der Waals surface area contributed by atoms with Gasteiger partial charge in [-0.15, -0.1) is 0 Å². The minimum absolute atomic E-state index is 0.157. The van der Waals surface area contributed by atoms with Crippen LogP contribution >= 0.6 is 0 Å². The molecule has 1 aromatic rings. The van der Waals surface area contributed by atoms with Gasteiger partial charge in [-0.25, -0.2) is 0 Å². The highest BCUT2D eigenvalue weighted by Gasteiger charge is 2.38. The second kappa shape index (κ2) is 7.56. The van der Waals surface area contributed by atoms with Crippen LogP contribution in [0.4, 0.5) is 0 Å². The number of piperidine rings is 1. The maximum absolute atomic E-state index is 12.6. The van der Waals surface area contributed by atoms with E-state index in [0.29, 0.717) is 18.2 Å². The van der Waals surface area contributed by atoms with Crippen molar-refractivity contribution in [3.63, 3.8) is 0 Å². The largest absolute Gasteiger partial charge is 0.508 e. The van der Waals surface area contributed by atoms with Gasteiger partial charge >= 0.3 is 0 Å². The first kappa shape index (κ1) is 17.3. The Hall–Kier alpha value is -1.55. The van der Waals surface area contributed by atoms with Crippen LogP contribution in [0.2, 0.25) is 0 Å². The Morgan fingerprint density at radius 3 is 2.58 bits per heavy atom. The monoisotopic (exact) mass is 330 g/mol. The number of phenols is 1. The van der Waals surface area contributed by atoms with Gasteiger partial charge in [-0.3, -0.25) is 9.69 Å². The third-order valence-corrected chi connectivity index (χ3v) is 5.74. The van der Waals surface area contributed by atoms with E-state index in [1.807, 2.05) is 12.1 Å². The Morgan fingerprint density at radius 2 is 1.88 bits per heavy atom. The second-order valence-electron chi connectivity index (χ2n) is 7.69. The minimum atomic E-state index is -0.192. The molecule has 4 nitrogen and oxygen atoms in total.